The summed E-state index contributed by atoms with van der Waals surface area (Å²) in [6.45, 7) is 18.8. The van der Waals surface area contributed by atoms with Gasteiger partial charge in [-0.1, -0.05) is 0 Å². The van der Waals surface area contributed by atoms with Crippen LogP contribution in [0.5, 0.6) is 0 Å². The van der Waals surface area contributed by atoms with Crippen LogP contribution in [-0.4, -0.2) is 3.21 Å². The van der Waals surface area contributed by atoms with Crippen molar-refractivity contribution in [1.29, 1.82) is 0 Å². The molecule has 2 aromatic rings. The van der Waals surface area contributed by atoms with Crippen molar-refractivity contribution in [3.05, 3.63) is 80.2 Å². The zero-order valence-electron chi connectivity index (χ0n) is 24.2. The summed E-state index contributed by atoms with van der Waals surface area (Å²) in [5, 5.41) is 0. The van der Waals surface area contributed by atoms with E-state index in [0.717, 1.165) is 0 Å². The van der Waals surface area contributed by atoms with E-state index in [0.29, 0.717) is 3.63 Å². The van der Waals surface area contributed by atoms with Gasteiger partial charge in [-0.15, -0.1) is 0 Å². The molecule has 2 aliphatic rings. The van der Waals surface area contributed by atoms with Crippen molar-refractivity contribution < 1.29 is 21.3 Å². The standard InChI is InChI=1S/C21H25.C9H18.C5H5.Zr/c1-20(2,3)16-9-7-14-11-15-8-10-17(21(4,5)6)13-19(15)18(14)12-16;1-3-5-7-9-8-6-4-2;1-2-4-5-3-1;/h7-13H,1-6H3;3-8H2,1-2H3;1-3H,4H2;. The van der Waals surface area contributed by atoms with E-state index in [1.807, 2.05) is 6.49 Å². The summed E-state index contributed by atoms with van der Waals surface area (Å²) in [7, 11) is 0. The predicted molar refractivity (Wildman–Crippen MR) is 157 cm³/mol. The first-order valence-corrected chi connectivity index (χ1v) is 18.3. The SMILES string of the molecule is CCCC[C](CCCC)=[Zr]([C]1=CC=CC1)[CH]1c2ccc(C(C)(C)C)cc2-c2cc(C(C)(C)C)ccc21. The van der Waals surface area contributed by atoms with Crippen LogP contribution in [0.25, 0.3) is 11.1 Å². The second-order valence-electron chi connectivity index (χ2n) is 13.1. The van der Waals surface area contributed by atoms with E-state index in [4.69, 9.17) is 0 Å². The molecule has 0 radical (unpaired) electrons. The number of unbranched alkanes of at least 4 members (excludes halogenated alkanes) is 2. The maximum absolute atomic E-state index is 2.56. The fourth-order valence-corrected chi connectivity index (χ4v) is 15.4. The second-order valence-corrected chi connectivity index (χ2v) is 19.9. The minimum absolute atomic E-state index is 0.161. The molecular weight excluding hydrogens is 512 g/mol. The van der Waals surface area contributed by atoms with Gasteiger partial charge in [0, 0.05) is 0 Å². The van der Waals surface area contributed by atoms with Crippen molar-refractivity contribution in [2.75, 3.05) is 0 Å². The molecule has 0 fully saturated rings. The van der Waals surface area contributed by atoms with Gasteiger partial charge >= 0.3 is 231 Å². The van der Waals surface area contributed by atoms with Crippen molar-refractivity contribution in [3.63, 3.8) is 0 Å². The van der Waals surface area contributed by atoms with Gasteiger partial charge in [0.25, 0.3) is 0 Å². The van der Waals surface area contributed by atoms with Gasteiger partial charge in [0.2, 0.25) is 0 Å². The van der Waals surface area contributed by atoms with E-state index in [1.165, 1.54) is 67.2 Å². The molecule has 0 atom stereocenters. The van der Waals surface area contributed by atoms with Crippen LogP contribution in [0.2, 0.25) is 0 Å². The number of hydrogen-bond acceptors (Lipinski definition) is 0. The molecule has 2 aliphatic carbocycles. The van der Waals surface area contributed by atoms with Crippen LogP contribution >= 0.6 is 0 Å². The summed E-state index contributed by atoms with van der Waals surface area (Å²) in [6, 6.07) is 15.1. The van der Waals surface area contributed by atoms with Gasteiger partial charge in [0.05, 0.1) is 0 Å². The molecule has 0 nitrogen and oxygen atoms in total. The van der Waals surface area contributed by atoms with Crippen LogP contribution in [0, 0.1) is 0 Å². The zero-order valence-corrected chi connectivity index (χ0v) is 26.7. The summed E-state index contributed by atoms with van der Waals surface area (Å²) >= 11 is -2.18. The molecule has 0 saturated heterocycles. The van der Waals surface area contributed by atoms with Crippen LogP contribution in [-0.2, 0) is 32.1 Å². The number of allylic oxidation sites excluding steroid dienone is 4. The molecule has 0 amide bonds. The van der Waals surface area contributed by atoms with E-state index in [1.54, 1.807) is 11.1 Å². The topological polar surface area (TPSA) is 0 Å². The van der Waals surface area contributed by atoms with Crippen molar-refractivity contribution in [1.82, 2.24) is 0 Å². The average Bonchev–Trinajstić information content (AvgIpc) is 3.46. The average molecular weight is 560 g/mol. The third-order valence-corrected chi connectivity index (χ3v) is 16.9. The van der Waals surface area contributed by atoms with Crippen molar-refractivity contribution in [2.24, 2.45) is 0 Å². The Hall–Kier alpha value is -1.33. The first-order chi connectivity index (χ1) is 17.1. The molecule has 0 aliphatic heterocycles. The second kappa shape index (κ2) is 11.2. The predicted octanol–water partition coefficient (Wildman–Crippen LogP) is 10.4. The van der Waals surface area contributed by atoms with Crippen LogP contribution < -0.4 is 0 Å². The Morgan fingerprint density at radius 2 is 1.28 bits per heavy atom. The van der Waals surface area contributed by atoms with Crippen molar-refractivity contribution in [2.45, 2.75) is 115 Å². The molecule has 0 N–H and O–H groups in total. The van der Waals surface area contributed by atoms with E-state index in [9.17, 15) is 0 Å². The molecule has 0 heterocycles. The number of benzene rings is 2. The van der Waals surface area contributed by atoms with Gasteiger partial charge in [-0.25, -0.2) is 0 Å². The Labute approximate surface area is 229 Å². The van der Waals surface area contributed by atoms with Crippen LogP contribution in [0.3, 0.4) is 0 Å². The third kappa shape index (κ3) is 5.72. The summed E-state index contributed by atoms with van der Waals surface area (Å²) < 4.78 is 4.43. The van der Waals surface area contributed by atoms with Crippen LogP contribution in [0.4, 0.5) is 0 Å². The third-order valence-electron chi connectivity index (χ3n) is 8.20. The zero-order chi connectivity index (χ0) is 26.1. The summed E-state index contributed by atoms with van der Waals surface area (Å²) in [5.41, 5.74) is 9.58. The van der Waals surface area contributed by atoms with Gasteiger partial charge in [-0.05, 0) is 0 Å². The molecule has 1 heteroatoms. The van der Waals surface area contributed by atoms with Crippen molar-refractivity contribution >= 4 is 3.21 Å². The van der Waals surface area contributed by atoms with E-state index < -0.39 is 21.3 Å². The number of hydrogen-bond donors (Lipinski definition) is 0. The van der Waals surface area contributed by atoms with Gasteiger partial charge in [0.1, 0.15) is 0 Å². The Morgan fingerprint density at radius 3 is 1.67 bits per heavy atom. The maximum atomic E-state index is 2.56. The van der Waals surface area contributed by atoms with Gasteiger partial charge in [-0.2, -0.15) is 0 Å². The summed E-state index contributed by atoms with van der Waals surface area (Å²) in [4.78, 5) is 0. The summed E-state index contributed by atoms with van der Waals surface area (Å²) in [5.74, 6) is 0. The van der Waals surface area contributed by atoms with Crippen molar-refractivity contribution in [3.8, 4) is 11.1 Å². The van der Waals surface area contributed by atoms with E-state index >= 15 is 0 Å². The molecule has 2 aromatic carbocycles. The molecule has 4 rings (SSSR count). The molecule has 192 valence electrons. The molecule has 0 unspecified atom stereocenters. The van der Waals surface area contributed by atoms with Gasteiger partial charge in [0.15, 0.2) is 0 Å². The van der Waals surface area contributed by atoms with Gasteiger partial charge in [-0.3, -0.25) is 0 Å². The molecular formula is C35H48Zr. The molecule has 0 saturated carbocycles. The first kappa shape index (κ1) is 27.7. The van der Waals surface area contributed by atoms with Crippen LogP contribution in [0.15, 0.2) is 57.9 Å². The van der Waals surface area contributed by atoms with E-state index in [2.05, 4.69) is 110 Å². The minimum atomic E-state index is -2.18. The fraction of sp³-hybridized carbons (Fsp3) is 0.514. The van der Waals surface area contributed by atoms with Crippen LogP contribution in [0.1, 0.15) is 126 Å². The first-order valence-electron chi connectivity index (χ1n) is 14.4. The molecule has 0 aromatic heterocycles. The molecule has 0 spiro atoms. The normalized spacial score (nSPS) is 15.2. The molecule has 36 heavy (non-hydrogen) atoms. The molecule has 0 bridgehead atoms. The fourth-order valence-electron chi connectivity index (χ4n) is 5.93. The number of rotatable bonds is 8. The monoisotopic (exact) mass is 558 g/mol. The Morgan fingerprint density at radius 1 is 0.778 bits per heavy atom. The quantitative estimate of drug-likeness (QED) is 0.302. The van der Waals surface area contributed by atoms with E-state index in [-0.39, 0.29) is 10.8 Å². The summed E-state index contributed by atoms with van der Waals surface area (Å²) in [6.07, 6.45) is 16.5. The number of fused-ring (bicyclic) bond motifs is 3. The Balaban J connectivity index is 1.99. The Kier molecular flexibility index (Phi) is 8.61. The van der Waals surface area contributed by atoms with Gasteiger partial charge < -0.3 is 0 Å². The Bertz CT molecular complexity index is 1120.